The Bertz CT molecular complexity index is 854. The van der Waals surface area contributed by atoms with Crippen LogP contribution < -0.4 is 0 Å². The van der Waals surface area contributed by atoms with Crippen molar-refractivity contribution >= 4 is 10.8 Å². The highest BCUT2D eigenvalue weighted by Gasteiger charge is 2.21. The Balaban J connectivity index is 2.16. The van der Waals surface area contributed by atoms with Gasteiger partial charge in [0.15, 0.2) is 0 Å². The molecule has 0 nitrogen and oxygen atoms in total. The Labute approximate surface area is 120 Å². The minimum Gasteiger partial charge on any atom is -0.0590 e. The first-order valence-electron chi connectivity index (χ1n) is 7.26. The van der Waals surface area contributed by atoms with Crippen LogP contribution in [-0.2, 0) is 6.42 Å². The third-order valence-electron chi connectivity index (χ3n) is 4.50. The van der Waals surface area contributed by atoms with Crippen LogP contribution in [0, 0.1) is 20.8 Å². The van der Waals surface area contributed by atoms with Gasteiger partial charge in [0.05, 0.1) is 0 Å². The third-order valence-corrected chi connectivity index (χ3v) is 4.50. The molecule has 3 aromatic rings. The van der Waals surface area contributed by atoms with Gasteiger partial charge in [-0.05, 0) is 65.8 Å². The fourth-order valence-electron chi connectivity index (χ4n) is 3.53. The first-order valence-corrected chi connectivity index (χ1v) is 7.26. The van der Waals surface area contributed by atoms with Crippen molar-refractivity contribution in [2.24, 2.45) is 0 Å². The van der Waals surface area contributed by atoms with E-state index in [2.05, 4.69) is 63.2 Å². The van der Waals surface area contributed by atoms with E-state index in [0.717, 1.165) is 6.42 Å². The van der Waals surface area contributed by atoms with Crippen molar-refractivity contribution in [3.63, 3.8) is 0 Å². The summed E-state index contributed by atoms with van der Waals surface area (Å²) in [5.41, 5.74) is 9.94. The van der Waals surface area contributed by atoms with Crippen molar-refractivity contribution in [2.45, 2.75) is 27.2 Å². The summed E-state index contributed by atoms with van der Waals surface area (Å²) in [7, 11) is 0. The quantitative estimate of drug-likeness (QED) is 0.399. The number of hydrogen-bond acceptors (Lipinski definition) is 0. The summed E-state index contributed by atoms with van der Waals surface area (Å²) in [5.74, 6) is 0. The molecule has 0 fully saturated rings. The molecule has 0 amide bonds. The summed E-state index contributed by atoms with van der Waals surface area (Å²) in [6, 6.07) is 16.1. The molecular weight excluding hydrogens is 240 g/mol. The van der Waals surface area contributed by atoms with Gasteiger partial charge in [-0.1, -0.05) is 53.6 Å². The van der Waals surface area contributed by atoms with Gasteiger partial charge in [-0.25, -0.2) is 0 Å². The molecule has 3 aromatic carbocycles. The lowest BCUT2D eigenvalue weighted by Gasteiger charge is -2.11. The monoisotopic (exact) mass is 258 g/mol. The molecule has 0 unspecified atom stereocenters. The van der Waals surface area contributed by atoms with Crippen molar-refractivity contribution in [3.8, 4) is 11.1 Å². The zero-order chi connectivity index (χ0) is 13.9. The maximum absolute atomic E-state index is 2.38. The smallest absolute Gasteiger partial charge is 0.00131 e. The van der Waals surface area contributed by atoms with E-state index in [1.54, 1.807) is 0 Å². The number of fused-ring (bicyclic) bond motifs is 5. The van der Waals surface area contributed by atoms with Gasteiger partial charge in [-0.2, -0.15) is 0 Å². The molecule has 4 rings (SSSR count). The first-order chi connectivity index (χ1) is 9.63. The van der Waals surface area contributed by atoms with Gasteiger partial charge in [0.2, 0.25) is 0 Å². The van der Waals surface area contributed by atoms with Gasteiger partial charge in [-0.3, -0.25) is 0 Å². The highest BCUT2D eigenvalue weighted by Crippen LogP contribution is 2.43. The Morgan fingerprint density at radius 1 is 0.700 bits per heavy atom. The number of rotatable bonds is 0. The van der Waals surface area contributed by atoms with Gasteiger partial charge in [0.1, 0.15) is 0 Å². The second-order valence-corrected chi connectivity index (χ2v) is 6.11. The molecule has 0 aromatic heterocycles. The second-order valence-electron chi connectivity index (χ2n) is 6.11. The number of aryl methyl sites for hydroxylation is 3. The summed E-state index contributed by atoms with van der Waals surface area (Å²) in [6.07, 6.45) is 1.08. The van der Waals surface area contributed by atoms with Gasteiger partial charge in [0, 0.05) is 0 Å². The maximum atomic E-state index is 2.38. The Morgan fingerprint density at radius 2 is 1.45 bits per heavy atom. The van der Waals surface area contributed by atoms with Crippen molar-refractivity contribution in [1.82, 2.24) is 0 Å². The highest BCUT2D eigenvalue weighted by molar-refractivity contribution is 6.03. The average molecular weight is 258 g/mol. The zero-order valence-corrected chi connectivity index (χ0v) is 12.2. The fourth-order valence-corrected chi connectivity index (χ4v) is 3.53. The summed E-state index contributed by atoms with van der Waals surface area (Å²) in [4.78, 5) is 0. The molecule has 0 radical (unpaired) electrons. The van der Waals surface area contributed by atoms with Crippen molar-refractivity contribution < 1.29 is 0 Å². The van der Waals surface area contributed by atoms with E-state index in [0.29, 0.717) is 0 Å². The maximum Gasteiger partial charge on any atom is -0.00131 e. The zero-order valence-electron chi connectivity index (χ0n) is 12.2. The topological polar surface area (TPSA) is 0 Å². The van der Waals surface area contributed by atoms with Crippen LogP contribution in [0.5, 0.6) is 0 Å². The predicted molar refractivity (Wildman–Crippen MR) is 86.4 cm³/mol. The Kier molecular flexibility index (Phi) is 2.32. The van der Waals surface area contributed by atoms with Crippen LogP contribution in [0.25, 0.3) is 21.9 Å². The molecule has 0 spiro atoms. The molecule has 0 saturated heterocycles. The summed E-state index contributed by atoms with van der Waals surface area (Å²) in [6.45, 7) is 6.59. The van der Waals surface area contributed by atoms with Gasteiger partial charge in [-0.15, -0.1) is 0 Å². The molecule has 1 aliphatic rings. The lowest BCUT2D eigenvalue weighted by molar-refractivity contribution is 1.25. The van der Waals surface area contributed by atoms with E-state index in [1.165, 1.54) is 49.7 Å². The second kappa shape index (κ2) is 3.96. The largest absolute Gasteiger partial charge is 0.0590 e. The van der Waals surface area contributed by atoms with E-state index in [-0.39, 0.29) is 0 Å². The minimum absolute atomic E-state index is 1.08. The van der Waals surface area contributed by atoms with Crippen LogP contribution in [0.4, 0.5) is 0 Å². The lowest BCUT2D eigenvalue weighted by Crippen LogP contribution is -1.88. The fraction of sp³-hybridized carbons (Fsp3) is 0.200. The standard InChI is InChI=1S/C20H18/c1-12-4-6-15-11-16-10-14(3)17-7-5-13(2)9-19(17)20(16)18(15)8-12/h4-10H,11H2,1-3H3. The van der Waals surface area contributed by atoms with E-state index >= 15 is 0 Å². The van der Waals surface area contributed by atoms with E-state index in [9.17, 15) is 0 Å². The summed E-state index contributed by atoms with van der Waals surface area (Å²) >= 11 is 0. The molecule has 0 atom stereocenters. The molecule has 98 valence electrons. The van der Waals surface area contributed by atoms with E-state index < -0.39 is 0 Å². The molecule has 0 heterocycles. The number of benzene rings is 3. The van der Waals surface area contributed by atoms with Crippen molar-refractivity contribution in [3.05, 3.63) is 70.3 Å². The molecule has 1 aliphatic carbocycles. The van der Waals surface area contributed by atoms with Crippen LogP contribution in [0.1, 0.15) is 27.8 Å². The van der Waals surface area contributed by atoms with E-state index in [4.69, 9.17) is 0 Å². The van der Waals surface area contributed by atoms with Crippen LogP contribution in [0.2, 0.25) is 0 Å². The van der Waals surface area contributed by atoms with E-state index in [1.807, 2.05) is 0 Å². The molecular formula is C20H18. The molecule has 0 bridgehead atoms. The SMILES string of the molecule is Cc1ccc2c(c1)-c1c(cc(C)c3ccc(C)cc13)C2. The first kappa shape index (κ1) is 11.7. The normalized spacial score (nSPS) is 12.6. The number of hydrogen-bond donors (Lipinski definition) is 0. The minimum atomic E-state index is 1.08. The highest BCUT2D eigenvalue weighted by atomic mass is 14.2. The van der Waals surface area contributed by atoms with Gasteiger partial charge < -0.3 is 0 Å². The Morgan fingerprint density at radius 3 is 2.30 bits per heavy atom. The summed E-state index contributed by atoms with van der Waals surface area (Å²) in [5, 5.41) is 2.81. The predicted octanol–water partition coefficient (Wildman–Crippen LogP) is 5.34. The van der Waals surface area contributed by atoms with Gasteiger partial charge in [0.25, 0.3) is 0 Å². The Hall–Kier alpha value is -2.08. The van der Waals surface area contributed by atoms with Crippen molar-refractivity contribution in [2.75, 3.05) is 0 Å². The van der Waals surface area contributed by atoms with Crippen molar-refractivity contribution in [1.29, 1.82) is 0 Å². The van der Waals surface area contributed by atoms with Crippen LogP contribution >= 0.6 is 0 Å². The molecule has 20 heavy (non-hydrogen) atoms. The summed E-state index contributed by atoms with van der Waals surface area (Å²) < 4.78 is 0. The van der Waals surface area contributed by atoms with Crippen LogP contribution in [0.3, 0.4) is 0 Å². The van der Waals surface area contributed by atoms with Crippen LogP contribution in [-0.4, -0.2) is 0 Å². The third kappa shape index (κ3) is 1.54. The van der Waals surface area contributed by atoms with Gasteiger partial charge >= 0.3 is 0 Å². The molecule has 0 heteroatoms. The molecule has 0 N–H and O–H groups in total. The molecule has 0 saturated carbocycles. The lowest BCUT2D eigenvalue weighted by atomic mass is 9.93. The molecule has 0 aliphatic heterocycles. The average Bonchev–Trinajstić information content (AvgIpc) is 2.76. The van der Waals surface area contributed by atoms with Crippen LogP contribution in [0.15, 0.2) is 42.5 Å².